The fourth-order valence-corrected chi connectivity index (χ4v) is 4.56. The Hall–Kier alpha value is -2.08. The maximum Gasteiger partial charge on any atom is 0.319 e. The number of piperidine rings is 1. The standard InChI is InChI=1S/C24H38N4O2/c1-17(2)22(28-14-12-18(3)13-15-28)16-25-24(30)27-21-10-8-19(9-11-21)23(29)26-20-6-4-5-7-20/h8-11,17-18,20,22H,4-7,12-16H2,1-3H3,(H,26,29)(H2,25,27,30). The lowest BCUT2D eigenvalue weighted by atomic mass is 9.94. The summed E-state index contributed by atoms with van der Waals surface area (Å²) in [4.78, 5) is 27.3. The van der Waals surface area contributed by atoms with Gasteiger partial charge >= 0.3 is 6.03 Å². The Balaban J connectivity index is 1.46. The minimum Gasteiger partial charge on any atom is -0.349 e. The number of benzene rings is 1. The minimum atomic E-state index is -0.200. The zero-order chi connectivity index (χ0) is 21.5. The van der Waals surface area contributed by atoms with Crippen LogP contribution in [0.15, 0.2) is 24.3 Å². The number of urea groups is 1. The van der Waals surface area contributed by atoms with E-state index in [0.717, 1.165) is 31.8 Å². The summed E-state index contributed by atoms with van der Waals surface area (Å²) in [5.74, 6) is 1.25. The van der Waals surface area contributed by atoms with E-state index in [4.69, 9.17) is 0 Å². The zero-order valence-electron chi connectivity index (χ0n) is 18.7. The van der Waals surface area contributed by atoms with Gasteiger partial charge in [-0.25, -0.2) is 4.79 Å². The van der Waals surface area contributed by atoms with Gasteiger partial charge in [-0.05, 0) is 74.9 Å². The highest BCUT2D eigenvalue weighted by Gasteiger charge is 2.26. The molecule has 1 unspecified atom stereocenters. The SMILES string of the molecule is CC1CCN(C(CNC(=O)Nc2ccc(C(=O)NC3CCCC3)cc2)C(C)C)CC1. The largest absolute Gasteiger partial charge is 0.349 e. The van der Waals surface area contributed by atoms with Crippen molar-refractivity contribution in [2.24, 2.45) is 11.8 Å². The third-order valence-electron chi connectivity index (χ3n) is 6.62. The van der Waals surface area contributed by atoms with Crippen LogP contribution in [0.5, 0.6) is 0 Å². The highest BCUT2D eigenvalue weighted by atomic mass is 16.2. The molecule has 3 rings (SSSR count). The molecule has 1 aliphatic carbocycles. The molecule has 0 radical (unpaired) electrons. The van der Waals surface area contributed by atoms with Crippen LogP contribution in [0.3, 0.4) is 0 Å². The minimum absolute atomic E-state index is 0.0338. The molecule has 2 fully saturated rings. The Labute approximate surface area is 181 Å². The predicted octanol–water partition coefficient (Wildman–Crippen LogP) is 4.24. The summed E-state index contributed by atoms with van der Waals surface area (Å²) < 4.78 is 0. The number of nitrogens with one attached hydrogen (secondary N) is 3. The molecule has 0 bridgehead atoms. The van der Waals surface area contributed by atoms with Crippen LogP contribution >= 0.6 is 0 Å². The fourth-order valence-electron chi connectivity index (χ4n) is 4.56. The summed E-state index contributed by atoms with van der Waals surface area (Å²) in [6.45, 7) is 9.61. The summed E-state index contributed by atoms with van der Waals surface area (Å²) in [6, 6.07) is 7.57. The Morgan fingerprint density at radius 3 is 2.27 bits per heavy atom. The first kappa shape index (κ1) is 22.6. The molecular formula is C24H38N4O2. The number of hydrogen-bond donors (Lipinski definition) is 3. The van der Waals surface area contributed by atoms with Gasteiger partial charge in [0.15, 0.2) is 0 Å². The first-order valence-corrected chi connectivity index (χ1v) is 11.6. The van der Waals surface area contributed by atoms with Crippen LogP contribution in [0.2, 0.25) is 0 Å². The van der Waals surface area contributed by atoms with Crippen LogP contribution in [0.1, 0.15) is 69.7 Å². The molecule has 1 saturated heterocycles. The van der Waals surface area contributed by atoms with E-state index in [0.29, 0.717) is 35.8 Å². The van der Waals surface area contributed by atoms with Crippen LogP contribution < -0.4 is 16.0 Å². The van der Waals surface area contributed by atoms with Gasteiger partial charge in [0, 0.05) is 29.9 Å². The maximum absolute atomic E-state index is 12.4. The van der Waals surface area contributed by atoms with Gasteiger partial charge in [0.2, 0.25) is 0 Å². The molecular weight excluding hydrogens is 376 g/mol. The van der Waals surface area contributed by atoms with Crippen molar-refractivity contribution in [2.75, 3.05) is 25.0 Å². The van der Waals surface area contributed by atoms with Gasteiger partial charge in [-0.15, -0.1) is 0 Å². The van der Waals surface area contributed by atoms with E-state index in [1.165, 1.54) is 25.7 Å². The van der Waals surface area contributed by atoms with Crippen LogP contribution in [-0.4, -0.2) is 48.6 Å². The lowest BCUT2D eigenvalue weighted by Crippen LogP contribution is -2.50. The Morgan fingerprint density at radius 1 is 1.03 bits per heavy atom. The lowest BCUT2D eigenvalue weighted by molar-refractivity contribution is 0.0938. The summed E-state index contributed by atoms with van der Waals surface area (Å²) in [5.41, 5.74) is 1.32. The number of amides is 3. The van der Waals surface area contributed by atoms with E-state index in [-0.39, 0.29) is 11.9 Å². The third-order valence-corrected chi connectivity index (χ3v) is 6.62. The maximum atomic E-state index is 12.4. The topological polar surface area (TPSA) is 73.5 Å². The molecule has 3 N–H and O–H groups in total. The first-order valence-electron chi connectivity index (χ1n) is 11.6. The third kappa shape index (κ3) is 6.46. The van der Waals surface area contributed by atoms with Crippen molar-refractivity contribution in [3.05, 3.63) is 29.8 Å². The number of carbonyl (C=O) groups is 2. The average Bonchev–Trinajstić information content (AvgIpc) is 3.23. The summed E-state index contributed by atoms with van der Waals surface area (Å²) >= 11 is 0. The summed E-state index contributed by atoms with van der Waals surface area (Å²) in [6.07, 6.45) is 6.99. The van der Waals surface area contributed by atoms with Gasteiger partial charge in [-0.2, -0.15) is 0 Å². The number of carbonyl (C=O) groups excluding carboxylic acids is 2. The lowest BCUT2D eigenvalue weighted by Gasteiger charge is -2.38. The van der Waals surface area contributed by atoms with Crippen molar-refractivity contribution in [3.63, 3.8) is 0 Å². The van der Waals surface area contributed by atoms with Gasteiger partial charge < -0.3 is 16.0 Å². The molecule has 30 heavy (non-hydrogen) atoms. The van der Waals surface area contributed by atoms with Crippen LogP contribution in [0.25, 0.3) is 0 Å². The fraction of sp³-hybridized carbons (Fsp3) is 0.667. The molecule has 1 heterocycles. The molecule has 1 aliphatic heterocycles. The monoisotopic (exact) mass is 414 g/mol. The van der Waals surface area contributed by atoms with Gasteiger partial charge in [0.1, 0.15) is 0 Å². The number of rotatable bonds is 7. The summed E-state index contributed by atoms with van der Waals surface area (Å²) in [7, 11) is 0. The van der Waals surface area contributed by atoms with E-state index >= 15 is 0 Å². The molecule has 1 saturated carbocycles. The van der Waals surface area contributed by atoms with Gasteiger partial charge in [0.05, 0.1) is 0 Å². The molecule has 1 aromatic carbocycles. The van der Waals surface area contributed by atoms with Crippen LogP contribution in [-0.2, 0) is 0 Å². The Kier molecular flexibility index (Phi) is 8.14. The normalized spacial score (nSPS) is 19.6. The van der Waals surface area contributed by atoms with Crippen molar-refractivity contribution >= 4 is 17.6 Å². The molecule has 2 aliphatic rings. The van der Waals surface area contributed by atoms with E-state index in [1.54, 1.807) is 24.3 Å². The summed E-state index contributed by atoms with van der Waals surface area (Å²) in [5, 5.41) is 9.01. The van der Waals surface area contributed by atoms with Crippen LogP contribution in [0.4, 0.5) is 10.5 Å². The Morgan fingerprint density at radius 2 is 1.67 bits per heavy atom. The molecule has 0 spiro atoms. The number of hydrogen-bond acceptors (Lipinski definition) is 3. The van der Waals surface area contributed by atoms with Crippen LogP contribution in [0, 0.1) is 11.8 Å². The number of nitrogens with zero attached hydrogens (tertiary/aromatic N) is 1. The number of anilines is 1. The smallest absolute Gasteiger partial charge is 0.319 e. The second kappa shape index (κ2) is 10.8. The first-order chi connectivity index (χ1) is 14.4. The molecule has 6 heteroatoms. The molecule has 1 atom stereocenters. The molecule has 0 aromatic heterocycles. The van der Waals surface area contributed by atoms with Crippen molar-refractivity contribution < 1.29 is 9.59 Å². The van der Waals surface area contributed by atoms with E-state index in [2.05, 4.69) is 41.6 Å². The van der Waals surface area contributed by atoms with Crippen molar-refractivity contribution in [1.82, 2.24) is 15.5 Å². The predicted molar refractivity (Wildman–Crippen MR) is 122 cm³/mol. The van der Waals surface area contributed by atoms with Gasteiger partial charge in [0.25, 0.3) is 5.91 Å². The van der Waals surface area contributed by atoms with Crippen molar-refractivity contribution in [1.29, 1.82) is 0 Å². The van der Waals surface area contributed by atoms with E-state index < -0.39 is 0 Å². The highest BCUT2D eigenvalue weighted by molar-refractivity contribution is 5.95. The zero-order valence-corrected chi connectivity index (χ0v) is 18.7. The molecule has 6 nitrogen and oxygen atoms in total. The molecule has 1 aromatic rings. The molecule has 3 amide bonds. The van der Waals surface area contributed by atoms with Gasteiger partial charge in [-0.3, -0.25) is 9.69 Å². The number of likely N-dealkylation sites (tertiary alicyclic amines) is 1. The molecule has 166 valence electrons. The second-order valence-electron chi connectivity index (χ2n) is 9.40. The van der Waals surface area contributed by atoms with Crippen molar-refractivity contribution in [2.45, 2.75) is 71.4 Å². The van der Waals surface area contributed by atoms with E-state index in [9.17, 15) is 9.59 Å². The second-order valence-corrected chi connectivity index (χ2v) is 9.40. The Bertz CT molecular complexity index is 690. The van der Waals surface area contributed by atoms with Gasteiger partial charge in [-0.1, -0.05) is 33.6 Å². The average molecular weight is 415 g/mol. The quantitative estimate of drug-likeness (QED) is 0.625. The highest BCUT2D eigenvalue weighted by Crippen LogP contribution is 2.21. The van der Waals surface area contributed by atoms with E-state index in [1.807, 2.05) is 0 Å². The van der Waals surface area contributed by atoms with Crippen molar-refractivity contribution in [3.8, 4) is 0 Å².